The first kappa shape index (κ1) is 14.1. The summed E-state index contributed by atoms with van der Waals surface area (Å²) in [4.78, 5) is 24.8. The SMILES string of the molecule is Cn1c(=O)n(C(=O)Cc2cccc(F)c2)c2cc(N)ccc21. The Morgan fingerprint density at radius 2 is 1.95 bits per heavy atom. The number of rotatable bonds is 2. The number of hydrogen-bond acceptors (Lipinski definition) is 3. The predicted octanol–water partition coefficient (Wildman–Crippen LogP) is 1.94. The zero-order valence-electron chi connectivity index (χ0n) is 11.9. The van der Waals surface area contributed by atoms with Crippen LogP contribution in [0, 0.1) is 5.82 Å². The first-order valence-electron chi connectivity index (χ1n) is 6.72. The molecular formula is C16H14FN3O2. The van der Waals surface area contributed by atoms with Gasteiger partial charge in [-0.05, 0) is 35.9 Å². The molecule has 112 valence electrons. The van der Waals surface area contributed by atoms with Gasteiger partial charge in [0.05, 0.1) is 17.5 Å². The summed E-state index contributed by atoms with van der Waals surface area (Å²) in [6.07, 6.45) is -0.0639. The maximum absolute atomic E-state index is 13.2. The molecule has 6 heteroatoms. The highest BCUT2D eigenvalue weighted by Crippen LogP contribution is 2.17. The fourth-order valence-electron chi connectivity index (χ4n) is 2.50. The molecule has 0 amide bonds. The van der Waals surface area contributed by atoms with Crippen molar-refractivity contribution in [3.63, 3.8) is 0 Å². The fourth-order valence-corrected chi connectivity index (χ4v) is 2.50. The maximum Gasteiger partial charge on any atom is 0.335 e. The normalized spacial score (nSPS) is 11.0. The van der Waals surface area contributed by atoms with Gasteiger partial charge in [0, 0.05) is 12.7 Å². The van der Waals surface area contributed by atoms with Gasteiger partial charge in [-0.3, -0.25) is 9.36 Å². The Bertz CT molecular complexity index is 940. The van der Waals surface area contributed by atoms with Gasteiger partial charge in [0.2, 0.25) is 5.91 Å². The van der Waals surface area contributed by atoms with Gasteiger partial charge in [-0.1, -0.05) is 12.1 Å². The molecule has 0 saturated heterocycles. The molecule has 1 aromatic heterocycles. The number of anilines is 1. The van der Waals surface area contributed by atoms with Gasteiger partial charge < -0.3 is 5.73 Å². The minimum Gasteiger partial charge on any atom is -0.399 e. The third kappa shape index (κ3) is 2.28. The highest BCUT2D eigenvalue weighted by atomic mass is 19.1. The number of halogens is 1. The summed E-state index contributed by atoms with van der Waals surface area (Å²) < 4.78 is 15.7. The van der Waals surface area contributed by atoms with E-state index in [9.17, 15) is 14.0 Å². The minimum absolute atomic E-state index is 0.0639. The number of carbonyl (C=O) groups excluding carboxylic acids is 1. The minimum atomic E-state index is -0.443. The molecule has 0 spiro atoms. The Kier molecular flexibility index (Phi) is 3.29. The Morgan fingerprint density at radius 3 is 2.68 bits per heavy atom. The van der Waals surface area contributed by atoms with Crippen molar-refractivity contribution >= 4 is 22.6 Å². The zero-order valence-corrected chi connectivity index (χ0v) is 11.9. The summed E-state index contributed by atoms with van der Waals surface area (Å²) in [6, 6.07) is 10.7. The van der Waals surface area contributed by atoms with Crippen LogP contribution in [0.5, 0.6) is 0 Å². The smallest absolute Gasteiger partial charge is 0.335 e. The van der Waals surface area contributed by atoms with Crippen LogP contribution in [0.1, 0.15) is 10.4 Å². The number of imidazole rings is 1. The van der Waals surface area contributed by atoms with Crippen molar-refractivity contribution in [3.8, 4) is 0 Å². The molecular weight excluding hydrogens is 285 g/mol. The molecule has 0 aliphatic rings. The van der Waals surface area contributed by atoms with E-state index < -0.39 is 17.4 Å². The van der Waals surface area contributed by atoms with E-state index in [1.54, 1.807) is 31.3 Å². The quantitative estimate of drug-likeness (QED) is 0.735. The van der Waals surface area contributed by atoms with Crippen LogP contribution in [0.15, 0.2) is 47.3 Å². The van der Waals surface area contributed by atoms with E-state index in [0.29, 0.717) is 22.3 Å². The lowest BCUT2D eigenvalue weighted by molar-refractivity contribution is 0.0914. The number of fused-ring (bicyclic) bond motifs is 1. The Morgan fingerprint density at radius 1 is 1.18 bits per heavy atom. The maximum atomic E-state index is 13.2. The number of nitrogens with zero attached hydrogens (tertiary/aromatic N) is 2. The standard InChI is InChI=1S/C16H14FN3O2/c1-19-13-6-5-12(18)9-14(13)20(16(19)22)15(21)8-10-3-2-4-11(17)7-10/h2-7,9H,8,18H2,1H3. The molecule has 2 aromatic carbocycles. The summed E-state index contributed by atoms with van der Waals surface area (Å²) in [5.74, 6) is -0.841. The summed E-state index contributed by atoms with van der Waals surface area (Å²) in [7, 11) is 1.59. The average molecular weight is 299 g/mol. The first-order chi connectivity index (χ1) is 10.5. The van der Waals surface area contributed by atoms with Gasteiger partial charge in [0.25, 0.3) is 0 Å². The van der Waals surface area contributed by atoms with Gasteiger partial charge >= 0.3 is 5.69 Å². The Hall–Kier alpha value is -2.89. The molecule has 0 atom stereocenters. The lowest BCUT2D eigenvalue weighted by atomic mass is 10.1. The molecule has 3 rings (SSSR count). The molecule has 0 saturated carbocycles. The van der Waals surface area contributed by atoms with E-state index in [1.165, 1.54) is 22.8 Å². The second-order valence-electron chi connectivity index (χ2n) is 5.13. The van der Waals surface area contributed by atoms with E-state index in [1.807, 2.05) is 0 Å². The fraction of sp³-hybridized carbons (Fsp3) is 0.125. The van der Waals surface area contributed by atoms with Crippen molar-refractivity contribution < 1.29 is 9.18 Å². The summed E-state index contributed by atoms with van der Waals surface area (Å²) >= 11 is 0. The van der Waals surface area contributed by atoms with Gasteiger partial charge in [-0.25, -0.2) is 13.8 Å². The van der Waals surface area contributed by atoms with Crippen LogP contribution in [0.3, 0.4) is 0 Å². The lowest BCUT2D eigenvalue weighted by Crippen LogP contribution is -2.28. The molecule has 0 aliphatic carbocycles. The highest BCUT2D eigenvalue weighted by Gasteiger charge is 2.17. The molecule has 1 heterocycles. The van der Waals surface area contributed by atoms with Crippen molar-refractivity contribution in [1.29, 1.82) is 0 Å². The van der Waals surface area contributed by atoms with Crippen molar-refractivity contribution in [2.75, 3.05) is 5.73 Å². The van der Waals surface area contributed by atoms with Crippen molar-refractivity contribution in [2.45, 2.75) is 6.42 Å². The molecule has 0 fully saturated rings. The van der Waals surface area contributed by atoms with Crippen LogP contribution in [-0.2, 0) is 13.5 Å². The first-order valence-corrected chi connectivity index (χ1v) is 6.72. The molecule has 0 bridgehead atoms. The summed E-state index contributed by atoms with van der Waals surface area (Å²) in [5, 5.41) is 0. The number of nitrogen functional groups attached to an aromatic ring is 1. The number of carbonyl (C=O) groups is 1. The van der Waals surface area contributed by atoms with E-state index in [2.05, 4.69) is 0 Å². The monoisotopic (exact) mass is 299 g/mol. The van der Waals surface area contributed by atoms with Crippen LogP contribution in [0.4, 0.5) is 10.1 Å². The van der Waals surface area contributed by atoms with Gasteiger partial charge in [-0.2, -0.15) is 0 Å². The van der Waals surface area contributed by atoms with E-state index in [0.717, 1.165) is 4.57 Å². The number of hydrogen-bond donors (Lipinski definition) is 1. The highest BCUT2D eigenvalue weighted by molar-refractivity contribution is 5.92. The molecule has 0 radical (unpaired) electrons. The van der Waals surface area contributed by atoms with E-state index >= 15 is 0 Å². The van der Waals surface area contributed by atoms with Crippen LogP contribution in [0.25, 0.3) is 11.0 Å². The number of nitrogens with two attached hydrogens (primary N) is 1. The van der Waals surface area contributed by atoms with Gasteiger partial charge in [0.15, 0.2) is 0 Å². The lowest BCUT2D eigenvalue weighted by Gasteiger charge is -2.03. The van der Waals surface area contributed by atoms with Crippen LogP contribution in [0.2, 0.25) is 0 Å². The summed E-state index contributed by atoms with van der Waals surface area (Å²) in [6.45, 7) is 0. The van der Waals surface area contributed by atoms with Crippen molar-refractivity contribution in [3.05, 3.63) is 64.3 Å². The topological polar surface area (TPSA) is 70.0 Å². The van der Waals surface area contributed by atoms with Crippen LogP contribution < -0.4 is 11.4 Å². The third-order valence-corrected chi connectivity index (χ3v) is 3.57. The van der Waals surface area contributed by atoms with Crippen LogP contribution in [-0.4, -0.2) is 15.0 Å². The molecule has 5 nitrogen and oxygen atoms in total. The molecule has 2 N–H and O–H groups in total. The number of benzene rings is 2. The number of aromatic nitrogens is 2. The van der Waals surface area contributed by atoms with Crippen molar-refractivity contribution in [1.82, 2.24) is 9.13 Å². The predicted molar refractivity (Wildman–Crippen MR) is 82.3 cm³/mol. The Labute approximate surface area is 125 Å². The largest absolute Gasteiger partial charge is 0.399 e. The Balaban J connectivity index is 2.09. The molecule has 22 heavy (non-hydrogen) atoms. The van der Waals surface area contributed by atoms with Gasteiger partial charge in [-0.15, -0.1) is 0 Å². The van der Waals surface area contributed by atoms with E-state index in [-0.39, 0.29) is 6.42 Å². The van der Waals surface area contributed by atoms with Crippen molar-refractivity contribution in [2.24, 2.45) is 7.05 Å². The van der Waals surface area contributed by atoms with Gasteiger partial charge in [0.1, 0.15) is 5.82 Å². The molecule has 0 unspecified atom stereocenters. The summed E-state index contributed by atoms with van der Waals surface area (Å²) in [5.41, 5.74) is 7.34. The molecule has 0 aliphatic heterocycles. The zero-order chi connectivity index (χ0) is 15.9. The second kappa shape index (κ2) is 5.14. The average Bonchev–Trinajstić information content (AvgIpc) is 2.70. The van der Waals surface area contributed by atoms with Crippen LogP contribution >= 0.6 is 0 Å². The van der Waals surface area contributed by atoms with E-state index in [4.69, 9.17) is 5.73 Å². The molecule has 3 aromatic rings. The third-order valence-electron chi connectivity index (χ3n) is 3.57. The second-order valence-corrected chi connectivity index (χ2v) is 5.13. The number of aryl methyl sites for hydroxylation is 1.